The van der Waals surface area contributed by atoms with E-state index < -0.39 is 0 Å². The molecule has 116 valence electrons. The third kappa shape index (κ3) is 2.95. The number of rotatable bonds is 3. The summed E-state index contributed by atoms with van der Waals surface area (Å²) in [6.07, 6.45) is 1.85. The van der Waals surface area contributed by atoms with Crippen molar-refractivity contribution in [2.75, 3.05) is 20.3 Å². The van der Waals surface area contributed by atoms with Gasteiger partial charge in [-0.15, -0.1) is 11.3 Å². The summed E-state index contributed by atoms with van der Waals surface area (Å²) in [5, 5.41) is 1.88. The second-order valence-corrected chi connectivity index (χ2v) is 5.81. The van der Waals surface area contributed by atoms with Crippen LogP contribution in [0.1, 0.15) is 22.5 Å². The molecule has 1 aliphatic rings. The lowest BCUT2D eigenvalue weighted by Gasteiger charge is -2.25. The Hall–Kier alpha value is -1.99. The van der Waals surface area contributed by atoms with E-state index in [4.69, 9.17) is 9.57 Å². The van der Waals surface area contributed by atoms with Gasteiger partial charge in [0.1, 0.15) is 10.8 Å². The summed E-state index contributed by atoms with van der Waals surface area (Å²) in [6, 6.07) is 6.09. The topological polar surface area (TPSA) is 51.7 Å². The molecule has 2 aromatic rings. The van der Waals surface area contributed by atoms with Crippen LogP contribution in [0.5, 0.6) is 5.88 Å². The maximum Gasteiger partial charge on any atom is 0.293 e. The Kier molecular flexibility index (Phi) is 4.35. The first-order chi connectivity index (χ1) is 10.7. The summed E-state index contributed by atoms with van der Waals surface area (Å²) in [5.74, 6) is -0.376. The van der Waals surface area contributed by atoms with E-state index in [0.717, 1.165) is 12.8 Å². The molecule has 3 rings (SSSR count). The van der Waals surface area contributed by atoms with Crippen LogP contribution >= 0.6 is 11.3 Å². The van der Waals surface area contributed by atoms with Gasteiger partial charge in [-0.2, -0.15) is 0 Å². The quantitative estimate of drug-likeness (QED) is 0.871. The Labute approximate surface area is 131 Å². The van der Waals surface area contributed by atoms with Crippen LogP contribution in [-0.2, 0) is 4.84 Å². The lowest BCUT2D eigenvalue weighted by molar-refractivity contribution is -0.144. The van der Waals surface area contributed by atoms with Crippen LogP contribution in [0.3, 0.4) is 0 Å². The van der Waals surface area contributed by atoms with Crippen molar-refractivity contribution >= 4 is 17.2 Å². The first-order valence-electron chi connectivity index (χ1n) is 6.94. The smallest absolute Gasteiger partial charge is 0.293 e. The monoisotopic (exact) mass is 322 g/mol. The molecule has 1 aliphatic heterocycles. The van der Waals surface area contributed by atoms with Gasteiger partial charge in [0, 0.05) is 12.1 Å². The van der Waals surface area contributed by atoms with Crippen LogP contribution in [-0.4, -0.2) is 36.2 Å². The Bertz CT molecular complexity index is 683. The average Bonchev–Trinajstić information content (AvgIpc) is 2.99. The number of thiazole rings is 1. The van der Waals surface area contributed by atoms with Crippen LogP contribution in [0, 0.1) is 5.82 Å². The van der Waals surface area contributed by atoms with E-state index in [-0.39, 0.29) is 17.6 Å². The number of benzene rings is 1. The fourth-order valence-corrected chi connectivity index (χ4v) is 3.17. The molecule has 0 bridgehead atoms. The standard InChI is InChI=1S/C15H15FN2O3S/c1-20-13-12(15(19)18-7-2-3-8-21-18)22-14(17-13)10-5-4-6-11(16)9-10/h4-6,9H,2-3,7-8H2,1H3. The van der Waals surface area contributed by atoms with Gasteiger partial charge in [-0.25, -0.2) is 14.4 Å². The Morgan fingerprint density at radius 2 is 2.32 bits per heavy atom. The van der Waals surface area contributed by atoms with Gasteiger partial charge in [-0.1, -0.05) is 12.1 Å². The summed E-state index contributed by atoms with van der Waals surface area (Å²) in [7, 11) is 1.46. The molecule has 22 heavy (non-hydrogen) atoms. The SMILES string of the molecule is COc1nc(-c2cccc(F)c2)sc1C(=O)N1CCCCO1. The molecule has 1 fully saturated rings. The van der Waals surface area contributed by atoms with Crippen molar-refractivity contribution < 1.29 is 18.8 Å². The summed E-state index contributed by atoms with van der Waals surface area (Å²) >= 11 is 1.17. The fourth-order valence-electron chi connectivity index (χ4n) is 2.19. The number of amides is 1. The van der Waals surface area contributed by atoms with Crippen molar-refractivity contribution in [3.8, 4) is 16.5 Å². The minimum Gasteiger partial charge on any atom is -0.480 e. The van der Waals surface area contributed by atoms with Gasteiger partial charge in [0.05, 0.1) is 13.7 Å². The lowest BCUT2D eigenvalue weighted by Crippen LogP contribution is -2.35. The summed E-state index contributed by atoms with van der Waals surface area (Å²) < 4.78 is 18.5. The zero-order valence-corrected chi connectivity index (χ0v) is 12.9. The van der Waals surface area contributed by atoms with Crippen molar-refractivity contribution in [3.63, 3.8) is 0 Å². The lowest BCUT2D eigenvalue weighted by atomic mass is 10.2. The zero-order chi connectivity index (χ0) is 15.5. The largest absolute Gasteiger partial charge is 0.480 e. The summed E-state index contributed by atoms with van der Waals surface area (Å²) in [6.45, 7) is 1.08. The molecule has 0 N–H and O–H groups in total. The van der Waals surface area contributed by atoms with Crippen molar-refractivity contribution in [1.82, 2.24) is 10.0 Å². The van der Waals surface area contributed by atoms with Crippen molar-refractivity contribution in [1.29, 1.82) is 0 Å². The third-order valence-electron chi connectivity index (χ3n) is 3.28. The zero-order valence-electron chi connectivity index (χ0n) is 12.0. The number of hydroxylamine groups is 2. The predicted octanol–water partition coefficient (Wildman–Crippen LogP) is 3.13. The summed E-state index contributed by atoms with van der Waals surface area (Å²) in [4.78, 5) is 22.5. The fraction of sp³-hybridized carbons (Fsp3) is 0.333. The highest BCUT2D eigenvalue weighted by atomic mass is 32.1. The number of halogens is 1. The van der Waals surface area contributed by atoms with E-state index in [9.17, 15) is 9.18 Å². The molecule has 0 saturated carbocycles. The first-order valence-corrected chi connectivity index (χ1v) is 7.76. The number of ether oxygens (including phenoxy) is 1. The number of hydrogen-bond acceptors (Lipinski definition) is 5. The second kappa shape index (κ2) is 6.41. The van der Waals surface area contributed by atoms with Crippen LogP contribution in [0.25, 0.3) is 10.6 Å². The van der Waals surface area contributed by atoms with E-state index in [1.807, 2.05) is 0 Å². The minimum atomic E-state index is -0.348. The van der Waals surface area contributed by atoms with Gasteiger partial charge in [-0.05, 0) is 25.0 Å². The van der Waals surface area contributed by atoms with Crippen molar-refractivity contribution in [2.45, 2.75) is 12.8 Å². The van der Waals surface area contributed by atoms with Gasteiger partial charge >= 0.3 is 0 Å². The van der Waals surface area contributed by atoms with E-state index in [2.05, 4.69) is 4.98 Å². The third-order valence-corrected chi connectivity index (χ3v) is 4.36. The minimum absolute atomic E-state index is 0.239. The molecule has 0 unspecified atom stereocenters. The van der Waals surface area contributed by atoms with Crippen LogP contribution in [0.4, 0.5) is 4.39 Å². The van der Waals surface area contributed by atoms with E-state index >= 15 is 0 Å². The number of carbonyl (C=O) groups excluding carboxylic acids is 1. The molecule has 0 radical (unpaired) electrons. The second-order valence-electron chi connectivity index (χ2n) is 4.82. The number of methoxy groups -OCH3 is 1. The van der Waals surface area contributed by atoms with Gasteiger partial charge in [-0.3, -0.25) is 9.63 Å². The molecule has 0 spiro atoms. The number of hydrogen-bond donors (Lipinski definition) is 0. The number of carbonyl (C=O) groups is 1. The molecular weight excluding hydrogens is 307 g/mol. The number of nitrogens with zero attached hydrogens (tertiary/aromatic N) is 2. The molecule has 1 amide bonds. The maximum atomic E-state index is 13.3. The normalized spacial score (nSPS) is 14.9. The Morgan fingerprint density at radius 3 is 3.00 bits per heavy atom. The predicted molar refractivity (Wildman–Crippen MR) is 80.3 cm³/mol. The van der Waals surface area contributed by atoms with Crippen LogP contribution in [0.15, 0.2) is 24.3 Å². The van der Waals surface area contributed by atoms with E-state index in [0.29, 0.717) is 28.6 Å². The molecule has 7 heteroatoms. The maximum absolute atomic E-state index is 13.3. The molecular formula is C15H15FN2O3S. The molecule has 0 aliphatic carbocycles. The Balaban J connectivity index is 1.92. The molecule has 1 aromatic carbocycles. The van der Waals surface area contributed by atoms with Gasteiger partial charge < -0.3 is 4.74 Å². The average molecular weight is 322 g/mol. The molecule has 5 nitrogen and oxygen atoms in total. The van der Waals surface area contributed by atoms with Gasteiger partial charge in [0.15, 0.2) is 4.88 Å². The van der Waals surface area contributed by atoms with Crippen molar-refractivity contribution in [3.05, 3.63) is 35.0 Å². The Morgan fingerprint density at radius 1 is 1.45 bits per heavy atom. The van der Waals surface area contributed by atoms with Gasteiger partial charge in [0.25, 0.3) is 5.91 Å². The van der Waals surface area contributed by atoms with Crippen LogP contribution < -0.4 is 4.74 Å². The van der Waals surface area contributed by atoms with Gasteiger partial charge in [0.2, 0.25) is 5.88 Å². The molecule has 2 heterocycles. The highest BCUT2D eigenvalue weighted by Crippen LogP contribution is 2.33. The molecule has 0 atom stereocenters. The summed E-state index contributed by atoms with van der Waals surface area (Å²) in [5.41, 5.74) is 0.613. The molecule has 1 saturated heterocycles. The van der Waals surface area contributed by atoms with Crippen LogP contribution in [0.2, 0.25) is 0 Å². The highest BCUT2D eigenvalue weighted by Gasteiger charge is 2.26. The number of aromatic nitrogens is 1. The first kappa shape index (κ1) is 14.9. The molecule has 1 aromatic heterocycles. The highest BCUT2D eigenvalue weighted by molar-refractivity contribution is 7.17. The van der Waals surface area contributed by atoms with E-state index in [1.165, 1.54) is 35.6 Å². The van der Waals surface area contributed by atoms with Crippen molar-refractivity contribution in [2.24, 2.45) is 0 Å². The van der Waals surface area contributed by atoms with E-state index in [1.54, 1.807) is 12.1 Å².